The minimum Gasteiger partial charge on any atom is -0.354 e. The first-order valence-corrected chi connectivity index (χ1v) is 15.2. The molecule has 11 heteroatoms. The molecule has 1 N–H and O–H groups in total. The monoisotopic (exact) mass is 589 g/mol. The molecule has 37 heavy (non-hydrogen) atoms. The van der Waals surface area contributed by atoms with E-state index in [0.29, 0.717) is 23.0 Å². The summed E-state index contributed by atoms with van der Waals surface area (Å²) in [5.74, 6) is -0.459. The number of unbranched alkanes of at least 4 members (excludes halogenated alkanes) is 1. The Labute approximate surface area is 235 Å². The van der Waals surface area contributed by atoms with E-state index in [-0.39, 0.29) is 48.5 Å². The maximum atomic E-state index is 13.4. The fraction of sp³-hybridized carbons (Fsp3) is 0.462. The van der Waals surface area contributed by atoms with Crippen LogP contribution in [0, 0.1) is 0 Å². The first-order chi connectivity index (χ1) is 17.5. The molecule has 7 nitrogen and oxygen atoms in total. The molecule has 0 aromatic heterocycles. The van der Waals surface area contributed by atoms with Crippen LogP contribution >= 0.6 is 34.8 Å². The fourth-order valence-corrected chi connectivity index (χ4v) is 5.40. The van der Waals surface area contributed by atoms with Gasteiger partial charge in [-0.05, 0) is 55.2 Å². The Balaban J connectivity index is 2.22. The Hall–Kier alpha value is -2.00. The van der Waals surface area contributed by atoms with E-state index in [9.17, 15) is 18.0 Å². The van der Waals surface area contributed by atoms with Crippen molar-refractivity contribution in [3.63, 3.8) is 0 Å². The van der Waals surface area contributed by atoms with Crippen LogP contribution in [0.2, 0.25) is 15.1 Å². The lowest BCUT2D eigenvalue weighted by molar-refractivity contribution is -0.141. The lowest BCUT2D eigenvalue weighted by atomic mass is 10.1. The lowest BCUT2D eigenvalue weighted by Crippen LogP contribution is -2.49. The van der Waals surface area contributed by atoms with Crippen LogP contribution in [0.4, 0.5) is 5.69 Å². The number of hydrogen-bond acceptors (Lipinski definition) is 4. The third-order valence-corrected chi connectivity index (χ3v) is 7.80. The normalized spacial score (nSPS) is 12.2. The Morgan fingerprint density at radius 1 is 0.973 bits per heavy atom. The first kappa shape index (κ1) is 31.2. The van der Waals surface area contributed by atoms with Crippen molar-refractivity contribution in [3.05, 3.63) is 63.1 Å². The minimum atomic E-state index is -3.69. The van der Waals surface area contributed by atoms with Crippen LogP contribution in [0.25, 0.3) is 0 Å². The predicted molar refractivity (Wildman–Crippen MR) is 152 cm³/mol. The van der Waals surface area contributed by atoms with Gasteiger partial charge in [0, 0.05) is 36.1 Å². The third-order valence-electron chi connectivity index (χ3n) is 5.81. The number of benzene rings is 2. The average molecular weight is 591 g/mol. The average Bonchev–Trinajstić information content (AvgIpc) is 2.84. The predicted octanol–water partition coefficient (Wildman–Crippen LogP) is 5.92. The van der Waals surface area contributed by atoms with Crippen LogP contribution in [0.3, 0.4) is 0 Å². The van der Waals surface area contributed by atoms with Crippen LogP contribution in [-0.2, 0) is 26.2 Å². The molecule has 2 aromatic rings. The number of amides is 2. The summed E-state index contributed by atoms with van der Waals surface area (Å²) < 4.78 is 26.2. The Kier molecular flexibility index (Phi) is 12.5. The van der Waals surface area contributed by atoms with Gasteiger partial charge in [0.1, 0.15) is 6.04 Å². The molecule has 0 radical (unpaired) electrons. The van der Waals surface area contributed by atoms with Crippen LogP contribution < -0.4 is 9.62 Å². The number of rotatable bonds is 14. The Morgan fingerprint density at radius 3 is 2.22 bits per heavy atom. The highest BCUT2D eigenvalue weighted by Crippen LogP contribution is 2.31. The van der Waals surface area contributed by atoms with Crippen molar-refractivity contribution >= 4 is 62.3 Å². The minimum absolute atomic E-state index is 0.0267. The maximum absolute atomic E-state index is 13.4. The van der Waals surface area contributed by atoms with Gasteiger partial charge in [0.25, 0.3) is 0 Å². The van der Waals surface area contributed by atoms with Crippen molar-refractivity contribution in [1.82, 2.24) is 10.2 Å². The number of carbonyl (C=O) groups is 2. The molecule has 0 aliphatic carbocycles. The lowest BCUT2D eigenvalue weighted by Gasteiger charge is -2.31. The van der Waals surface area contributed by atoms with Gasteiger partial charge in [-0.15, -0.1) is 0 Å². The molecule has 0 heterocycles. The number of sulfonamides is 1. The zero-order valence-corrected chi connectivity index (χ0v) is 24.4. The number of hydrogen-bond donors (Lipinski definition) is 1. The van der Waals surface area contributed by atoms with Crippen molar-refractivity contribution in [3.8, 4) is 0 Å². The third kappa shape index (κ3) is 9.67. The molecule has 0 aliphatic rings. The summed E-state index contributed by atoms with van der Waals surface area (Å²) in [6.45, 7) is 4.69. The molecule has 0 aliphatic heterocycles. The smallest absolute Gasteiger partial charge is 0.242 e. The molecule has 0 bridgehead atoms. The number of anilines is 1. The van der Waals surface area contributed by atoms with E-state index in [2.05, 4.69) is 5.32 Å². The van der Waals surface area contributed by atoms with E-state index in [1.165, 1.54) is 12.1 Å². The van der Waals surface area contributed by atoms with Gasteiger partial charge in [0.15, 0.2) is 0 Å². The second-order valence-corrected chi connectivity index (χ2v) is 11.9. The van der Waals surface area contributed by atoms with Crippen molar-refractivity contribution in [1.29, 1.82) is 0 Å². The van der Waals surface area contributed by atoms with Crippen LogP contribution in [0.5, 0.6) is 0 Å². The molecule has 1 atom stereocenters. The summed E-state index contributed by atoms with van der Waals surface area (Å²) in [5.41, 5.74) is 1.09. The quantitative estimate of drug-likeness (QED) is 0.277. The number of halogens is 3. The van der Waals surface area contributed by atoms with Gasteiger partial charge in [-0.3, -0.25) is 13.9 Å². The van der Waals surface area contributed by atoms with E-state index in [0.717, 1.165) is 29.0 Å². The summed E-state index contributed by atoms with van der Waals surface area (Å²) in [4.78, 5) is 28.0. The molecular formula is C26H34Cl3N3O4S. The molecule has 2 amide bonds. The van der Waals surface area contributed by atoms with Gasteiger partial charge in [-0.1, -0.05) is 67.2 Å². The van der Waals surface area contributed by atoms with Crippen molar-refractivity contribution < 1.29 is 18.0 Å². The Morgan fingerprint density at radius 2 is 1.62 bits per heavy atom. The Bertz CT molecular complexity index is 1160. The molecule has 0 saturated heterocycles. The second kappa shape index (κ2) is 14.8. The van der Waals surface area contributed by atoms with E-state index >= 15 is 0 Å². The second-order valence-electron chi connectivity index (χ2n) is 8.75. The zero-order chi connectivity index (χ0) is 27.6. The van der Waals surface area contributed by atoms with E-state index in [1.807, 2.05) is 26.0 Å². The van der Waals surface area contributed by atoms with Gasteiger partial charge in [0.2, 0.25) is 21.8 Å². The van der Waals surface area contributed by atoms with Gasteiger partial charge in [-0.25, -0.2) is 8.42 Å². The zero-order valence-electron chi connectivity index (χ0n) is 21.3. The number of nitrogens with one attached hydrogen (secondary N) is 1. The maximum Gasteiger partial charge on any atom is 0.242 e. The molecular weight excluding hydrogens is 557 g/mol. The van der Waals surface area contributed by atoms with Crippen LogP contribution in [0.1, 0.15) is 51.5 Å². The highest BCUT2D eigenvalue weighted by atomic mass is 35.5. The SMILES string of the molecule is CCCCNC(=O)[C@@H](CC)N(Cc1ccc(Cl)cc1)C(=O)CCCN(c1cc(Cl)ccc1Cl)S(C)(=O)=O. The van der Waals surface area contributed by atoms with E-state index in [1.54, 1.807) is 23.1 Å². The fourth-order valence-electron chi connectivity index (χ4n) is 3.87. The van der Waals surface area contributed by atoms with Crippen LogP contribution in [0.15, 0.2) is 42.5 Å². The van der Waals surface area contributed by atoms with Gasteiger partial charge in [0.05, 0.1) is 17.0 Å². The highest BCUT2D eigenvalue weighted by Gasteiger charge is 2.29. The van der Waals surface area contributed by atoms with E-state index < -0.39 is 16.1 Å². The first-order valence-electron chi connectivity index (χ1n) is 12.2. The highest BCUT2D eigenvalue weighted by molar-refractivity contribution is 7.92. The molecule has 204 valence electrons. The van der Waals surface area contributed by atoms with Gasteiger partial charge >= 0.3 is 0 Å². The molecule has 0 unspecified atom stereocenters. The summed E-state index contributed by atoms with van der Waals surface area (Å²) >= 11 is 18.3. The topological polar surface area (TPSA) is 86.8 Å². The van der Waals surface area contributed by atoms with Crippen LogP contribution in [-0.4, -0.2) is 50.5 Å². The van der Waals surface area contributed by atoms with E-state index in [4.69, 9.17) is 34.8 Å². The largest absolute Gasteiger partial charge is 0.354 e. The summed E-state index contributed by atoms with van der Waals surface area (Å²) in [5, 5.41) is 4.08. The summed E-state index contributed by atoms with van der Waals surface area (Å²) in [6, 6.07) is 11.0. The van der Waals surface area contributed by atoms with Crippen molar-refractivity contribution in [2.45, 2.75) is 58.5 Å². The molecule has 0 fully saturated rings. The van der Waals surface area contributed by atoms with Gasteiger partial charge in [-0.2, -0.15) is 0 Å². The summed E-state index contributed by atoms with van der Waals surface area (Å²) in [7, 11) is -3.69. The van der Waals surface area contributed by atoms with Crippen molar-refractivity contribution in [2.75, 3.05) is 23.7 Å². The molecule has 2 aromatic carbocycles. The standard InChI is InChI=1S/C26H34Cl3N3O4S/c1-4-6-15-30-26(34)23(5-2)31(18-19-9-11-20(27)12-10-19)25(33)8-7-16-32(37(3,35)36)24-17-21(28)13-14-22(24)29/h9-14,17,23H,4-8,15-16,18H2,1-3H3,(H,30,34)/t23-/m1/s1. The molecule has 0 saturated carbocycles. The summed E-state index contributed by atoms with van der Waals surface area (Å²) in [6.07, 6.45) is 3.56. The van der Waals surface area contributed by atoms with Gasteiger partial charge < -0.3 is 10.2 Å². The molecule has 2 rings (SSSR count). The molecule has 0 spiro atoms. The number of carbonyl (C=O) groups excluding carboxylic acids is 2. The number of nitrogens with zero attached hydrogens (tertiary/aromatic N) is 2. The van der Waals surface area contributed by atoms with Crippen molar-refractivity contribution in [2.24, 2.45) is 0 Å².